The van der Waals surface area contributed by atoms with Crippen LogP contribution in [0.15, 0.2) is 29.4 Å². The molecule has 2 rings (SSSR count). The van der Waals surface area contributed by atoms with Crippen LogP contribution in [0.5, 0.6) is 0 Å². The molecule has 0 fully saturated rings. The monoisotopic (exact) mass is 326 g/mol. The van der Waals surface area contributed by atoms with Crippen molar-refractivity contribution < 1.29 is 9.53 Å². The van der Waals surface area contributed by atoms with Gasteiger partial charge in [0.1, 0.15) is 5.15 Å². The molecule has 0 radical (unpaired) electrons. The molecule has 0 aliphatic heterocycles. The van der Waals surface area contributed by atoms with E-state index in [9.17, 15) is 4.79 Å². The largest absolute Gasteiger partial charge is 0.452 e. The first-order valence-electron chi connectivity index (χ1n) is 5.91. The molecule has 1 N–H and O–H groups in total. The quantitative estimate of drug-likeness (QED) is 0.695. The average Bonchev–Trinajstić information content (AvgIpc) is 2.75. The third-order valence-electron chi connectivity index (χ3n) is 2.66. The Morgan fingerprint density at radius 1 is 1.43 bits per heavy atom. The SMILES string of the molecule is COC(=O)N/N=C/c1c(C)nn(-c2ccccc2Cl)c1Cl. The lowest BCUT2D eigenvalue weighted by Gasteiger charge is -2.04. The molecular formula is C13H12Cl2N4O2. The van der Waals surface area contributed by atoms with E-state index in [0.717, 1.165) is 0 Å². The molecule has 0 bridgehead atoms. The van der Waals surface area contributed by atoms with E-state index in [0.29, 0.717) is 27.1 Å². The van der Waals surface area contributed by atoms with Crippen molar-refractivity contribution in [1.82, 2.24) is 15.2 Å². The van der Waals surface area contributed by atoms with Gasteiger partial charge >= 0.3 is 6.09 Å². The molecule has 1 aromatic heterocycles. The summed E-state index contributed by atoms with van der Waals surface area (Å²) in [6.07, 6.45) is 0.730. The van der Waals surface area contributed by atoms with Gasteiger partial charge in [0.05, 0.1) is 35.3 Å². The molecule has 0 atom stereocenters. The second kappa shape index (κ2) is 6.60. The van der Waals surface area contributed by atoms with Crippen molar-refractivity contribution in [2.75, 3.05) is 7.11 Å². The number of amides is 1. The number of carbonyl (C=O) groups is 1. The third kappa shape index (κ3) is 3.34. The Bertz CT molecular complexity index is 697. The molecule has 1 aromatic carbocycles. The number of methoxy groups -OCH3 is 1. The van der Waals surface area contributed by atoms with Gasteiger partial charge in [-0.15, -0.1) is 0 Å². The van der Waals surface area contributed by atoms with Crippen LogP contribution in [0.1, 0.15) is 11.3 Å². The molecule has 110 valence electrons. The van der Waals surface area contributed by atoms with Gasteiger partial charge in [0, 0.05) is 0 Å². The molecule has 0 aliphatic carbocycles. The van der Waals surface area contributed by atoms with Gasteiger partial charge in [-0.25, -0.2) is 14.9 Å². The third-order valence-corrected chi connectivity index (χ3v) is 3.35. The first-order chi connectivity index (χ1) is 10.0. The lowest BCUT2D eigenvalue weighted by Crippen LogP contribution is -2.16. The Labute approximate surface area is 131 Å². The number of ether oxygens (including phenoxy) is 1. The van der Waals surface area contributed by atoms with E-state index in [4.69, 9.17) is 23.2 Å². The van der Waals surface area contributed by atoms with Crippen LogP contribution in [0.4, 0.5) is 4.79 Å². The number of rotatable bonds is 3. The fraction of sp³-hybridized carbons (Fsp3) is 0.154. The summed E-state index contributed by atoms with van der Waals surface area (Å²) in [4.78, 5) is 10.9. The van der Waals surface area contributed by atoms with E-state index in [1.165, 1.54) is 18.0 Å². The van der Waals surface area contributed by atoms with Crippen molar-refractivity contribution in [3.63, 3.8) is 0 Å². The molecule has 0 unspecified atom stereocenters. The van der Waals surface area contributed by atoms with Crippen LogP contribution in [-0.2, 0) is 4.74 Å². The number of aryl methyl sites for hydroxylation is 1. The van der Waals surface area contributed by atoms with E-state index in [1.54, 1.807) is 19.1 Å². The van der Waals surface area contributed by atoms with Gasteiger partial charge in [-0.05, 0) is 19.1 Å². The summed E-state index contributed by atoms with van der Waals surface area (Å²) in [5.74, 6) is 0. The number of nitrogens with one attached hydrogen (secondary N) is 1. The smallest absolute Gasteiger partial charge is 0.427 e. The molecule has 0 aliphatic rings. The van der Waals surface area contributed by atoms with E-state index >= 15 is 0 Å². The first kappa shape index (κ1) is 15.3. The normalized spacial score (nSPS) is 10.9. The zero-order chi connectivity index (χ0) is 15.4. The highest BCUT2D eigenvalue weighted by Gasteiger charge is 2.14. The van der Waals surface area contributed by atoms with Crippen LogP contribution < -0.4 is 5.43 Å². The van der Waals surface area contributed by atoms with Gasteiger partial charge in [-0.3, -0.25) is 0 Å². The second-order valence-electron chi connectivity index (χ2n) is 4.01. The Hall–Kier alpha value is -2.05. The number of hydrogen-bond donors (Lipinski definition) is 1. The molecule has 8 heteroatoms. The van der Waals surface area contributed by atoms with Crippen molar-refractivity contribution in [2.24, 2.45) is 5.10 Å². The van der Waals surface area contributed by atoms with Crippen molar-refractivity contribution >= 4 is 35.5 Å². The van der Waals surface area contributed by atoms with Crippen molar-refractivity contribution in [1.29, 1.82) is 0 Å². The predicted octanol–water partition coefficient (Wildman–Crippen LogP) is 3.18. The minimum absolute atomic E-state index is 0.344. The van der Waals surface area contributed by atoms with Crippen LogP contribution in [0.2, 0.25) is 10.2 Å². The standard InChI is InChI=1S/C13H12Cl2N4O2/c1-8-9(7-16-17-13(20)21-2)12(15)19(18-8)11-6-4-3-5-10(11)14/h3-7H,1-2H3,(H,17,20)/b16-7+. The molecular weight excluding hydrogens is 315 g/mol. The van der Waals surface area contributed by atoms with Gasteiger partial charge < -0.3 is 4.74 Å². The Balaban J connectivity index is 2.34. The number of hydrazone groups is 1. The summed E-state index contributed by atoms with van der Waals surface area (Å²) in [5.41, 5.74) is 4.07. The molecule has 1 heterocycles. The fourth-order valence-electron chi connectivity index (χ4n) is 1.64. The average molecular weight is 327 g/mol. The Morgan fingerprint density at radius 2 is 2.14 bits per heavy atom. The van der Waals surface area contributed by atoms with E-state index in [2.05, 4.69) is 20.4 Å². The summed E-state index contributed by atoms with van der Waals surface area (Å²) in [6, 6.07) is 7.20. The highest BCUT2D eigenvalue weighted by atomic mass is 35.5. The van der Waals surface area contributed by atoms with Crippen LogP contribution >= 0.6 is 23.2 Å². The highest BCUT2D eigenvalue weighted by molar-refractivity contribution is 6.34. The van der Waals surface area contributed by atoms with Crippen molar-refractivity contribution in [3.05, 3.63) is 45.7 Å². The van der Waals surface area contributed by atoms with Crippen LogP contribution in [-0.4, -0.2) is 29.2 Å². The number of benzene rings is 1. The van der Waals surface area contributed by atoms with Crippen LogP contribution in [0, 0.1) is 6.92 Å². The highest BCUT2D eigenvalue weighted by Crippen LogP contribution is 2.26. The minimum Gasteiger partial charge on any atom is -0.452 e. The van der Waals surface area contributed by atoms with Gasteiger partial charge in [0.2, 0.25) is 0 Å². The zero-order valence-corrected chi connectivity index (χ0v) is 12.8. The molecule has 0 spiro atoms. The molecule has 0 saturated carbocycles. The topological polar surface area (TPSA) is 68.5 Å². The maximum absolute atomic E-state index is 10.9. The minimum atomic E-state index is -0.668. The van der Waals surface area contributed by atoms with Crippen LogP contribution in [0.3, 0.4) is 0 Å². The number of aromatic nitrogens is 2. The number of nitrogens with zero attached hydrogens (tertiary/aromatic N) is 3. The predicted molar refractivity (Wildman–Crippen MR) is 81.5 cm³/mol. The molecule has 0 saturated heterocycles. The second-order valence-corrected chi connectivity index (χ2v) is 4.78. The summed E-state index contributed by atoms with van der Waals surface area (Å²) in [7, 11) is 1.25. The number of carbonyl (C=O) groups excluding carboxylic acids is 1. The molecule has 1 amide bonds. The van der Waals surface area contributed by atoms with E-state index < -0.39 is 6.09 Å². The fourth-order valence-corrected chi connectivity index (χ4v) is 2.17. The molecule has 21 heavy (non-hydrogen) atoms. The number of hydrogen-bond acceptors (Lipinski definition) is 4. The summed E-state index contributed by atoms with van der Waals surface area (Å²) in [5, 5.41) is 8.94. The first-order valence-corrected chi connectivity index (χ1v) is 6.67. The Morgan fingerprint density at radius 3 is 2.81 bits per heavy atom. The number of para-hydroxylation sites is 1. The molecule has 2 aromatic rings. The maximum atomic E-state index is 10.9. The number of halogens is 2. The summed E-state index contributed by atoms with van der Waals surface area (Å²) >= 11 is 12.4. The van der Waals surface area contributed by atoms with Crippen molar-refractivity contribution in [2.45, 2.75) is 6.92 Å². The lowest BCUT2D eigenvalue weighted by molar-refractivity contribution is 0.171. The van der Waals surface area contributed by atoms with Crippen molar-refractivity contribution in [3.8, 4) is 5.69 Å². The maximum Gasteiger partial charge on any atom is 0.427 e. The summed E-state index contributed by atoms with van der Waals surface area (Å²) < 4.78 is 5.92. The van der Waals surface area contributed by atoms with Crippen LogP contribution in [0.25, 0.3) is 5.69 Å². The summed E-state index contributed by atoms with van der Waals surface area (Å²) in [6.45, 7) is 1.78. The van der Waals surface area contributed by atoms with Gasteiger partial charge in [0.25, 0.3) is 0 Å². The van der Waals surface area contributed by atoms with E-state index in [-0.39, 0.29) is 0 Å². The lowest BCUT2D eigenvalue weighted by atomic mass is 10.3. The van der Waals surface area contributed by atoms with E-state index in [1.807, 2.05) is 12.1 Å². The Kier molecular flexibility index (Phi) is 4.82. The van der Waals surface area contributed by atoms with Gasteiger partial charge in [0.15, 0.2) is 0 Å². The molecule has 6 nitrogen and oxygen atoms in total. The van der Waals surface area contributed by atoms with Gasteiger partial charge in [-0.1, -0.05) is 35.3 Å². The zero-order valence-electron chi connectivity index (χ0n) is 11.3. The van der Waals surface area contributed by atoms with Gasteiger partial charge in [-0.2, -0.15) is 10.2 Å².